The molecule has 102 valence electrons. The van der Waals surface area contributed by atoms with E-state index in [1.807, 2.05) is 11.8 Å². The van der Waals surface area contributed by atoms with Crippen LogP contribution in [0.2, 0.25) is 0 Å². The maximum atomic E-state index is 6.13. The average Bonchev–Trinajstić information content (AvgIpc) is 2.62. The molecule has 2 nitrogen and oxygen atoms in total. The Bertz CT molecular complexity index is 242. The summed E-state index contributed by atoms with van der Waals surface area (Å²) in [6.45, 7) is 7.86. The number of nitrogens with two attached hydrogens (primary N) is 1. The van der Waals surface area contributed by atoms with Crippen molar-refractivity contribution in [3.63, 3.8) is 0 Å². The van der Waals surface area contributed by atoms with Gasteiger partial charge in [0.25, 0.3) is 0 Å². The fraction of sp³-hybridized carbons (Fsp3) is 1.00. The van der Waals surface area contributed by atoms with Gasteiger partial charge < -0.3 is 5.73 Å². The Morgan fingerprint density at radius 2 is 2.00 bits per heavy atom. The molecule has 0 aromatic heterocycles. The van der Waals surface area contributed by atoms with Gasteiger partial charge in [0, 0.05) is 23.9 Å². The van der Waals surface area contributed by atoms with Crippen LogP contribution in [0.3, 0.4) is 0 Å². The summed E-state index contributed by atoms with van der Waals surface area (Å²) in [4.78, 5) is 2.60. The Hall–Kier alpha value is 0.270. The van der Waals surface area contributed by atoms with Gasteiger partial charge in [-0.25, -0.2) is 0 Å². The number of rotatable bonds is 6. The van der Waals surface area contributed by atoms with E-state index in [0.29, 0.717) is 11.5 Å². The zero-order valence-electron chi connectivity index (χ0n) is 12.3. The molecule has 0 saturated heterocycles. The highest BCUT2D eigenvalue weighted by atomic mass is 32.2. The molecule has 1 saturated carbocycles. The minimum Gasteiger partial charge on any atom is -0.329 e. The first-order valence-electron chi connectivity index (χ1n) is 6.83. The van der Waals surface area contributed by atoms with E-state index in [-0.39, 0.29) is 5.54 Å². The van der Waals surface area contributed by atoms with E-state index >= 15 is 0 Å². The van der Waals surface area contributed by atoms with E-state index in [0.717, 1.165) is 6.54 Å². The lowest BCUT2D eigenvalue weighted by Crippen LogP contribution is -2.55. The Morgan fingerprint density at radius 1 is 1.35 bits per heavy atom. The van der Waals surface area contributed by atoms with Crippen LogP contribution in [-0.4, -0.2) is 42.1 Å². The molecule has 1 aliphatic carbocycles. The molecule has 17 heavy (non-hydrogen) atoms. The molecule has 3 heteroatoms. The quantitative estimate of drug-likeness (QED) is 0.794. The molecule has 0 aromatic rings. The Kier molecular flexibility index (Phi) is 5.36. The van der Waals surface area contributed by atoms with Crippen molar-refractivity contribution < 1.29 is 0 Å². The van der Waals surface area contributed by atoms with Crippen LogP contribution in [0, 0.1) is 5.41 Å². The molecule has 2 unspecified atom stereocenters. The molecular formula is C14H30N2S. The summed E-state index contributed by atoms with van der Waals surface area (Å²) in [5, 5.41) is 0. The smallest absolute Gasteiger partial charge is 0.0337 e. The lowest BCUT2D eigenvalue weighted by molar-refractivity contribution is 0.0801. The summed E-state index contributed by atoms with van der Waals surface area (Å²) >= 11 is 1.95. The first-order chi connectivity index (χ1) is 7.90. The zero-order valence-corrected chi connectivity index (χ0v) is 13.1. The van der Waals surface area contributed by atoms with Crippen molar-refractivity contribution in [1.29, 1.82) is 0 Å². The molecule has 1 aliphatic rings. The van der Waals surface area contributed by atoms with Crippen LogP contribution >= 0.6 is 11.8 Å². The second kappa shape index (κ2) is 5.94. The van der Waals surface area contributed by atoms with Crippen LogP contribution < -0.4 is 5.73 Å². The number of thioether (sulfide) groups is 1. The number of likely N-dealkylation sites (N-methyl/N-ethyl adjacent to an activating group) is 1. The lowest BCUT2D eigenvalue weighted by Gasteiger charge is -2.43. The van der Waals surface area contributed by atoms with Gasteiger partial charge in [0.1, 0.15) is 0 Å². The highest BCUT2D eigenvalue weighted by Gasteiger charge is 2.46. The van der Waals surface area contributed by atoms with E-state index in [1.54, 1.807) is 0 Å². The third-order valence-electron chi connectivity index (χ3n) is 4.58. The zero-order chi connectivity index (χ0) is 13.1. The van der Waals surface area contributed by atoms with Crippen molar-refractivity contribution in [3.8, 4) is 0 Å². The molecule has 1 rings (SSSR count). The van der Waals surface area contributed by atoms with Crippen molar-refractivity contribution in [2.75, 3.05) is 25.6 Å². The van der Waals surface area contributed by atoms with Crippen molar-refractivity contribution in [3.05, 3.63) is 0 Å². The third-order valence-corrected chi connectivity index (χ3v) is 5.30. The minimum absolute atomic E-state index is 0.250. The highest BCUT2D eigenvalue weighted by Crippen LogP contribution is 2.46. The van der Waals surface area contributed by atoms with Gasteiger partial charge in [-0.1, -0.05) is 20.8 Å². The average molecular weight is 258 g/mol. The van der Waals surface area contributed by atoms with E-state index in [1.165, 1.54) is 31.4 Å². The maximum Gasteiger partial charge on any atom is 0.0337 e. The molecule has 0 aliphatic heterocycles. The maximum absolute atomic E-state index is 6.13. The fourth-order valence-electron chi connectivity index (χ4n) is 3.34. The lowest BCUT2D eigenvalue weighted by atomic mass is 9.86. The monoisotopic (exact) mass is 258 g/mol. The van der Waals surface area contributed by atoms with Crippen LogP contribution in [-0.2, 0) is 0 Å². The van der Waals surface area contributed by atoms with Crippen LogP contribution in [0.15, 0.2) is 0 Å². The first-order valence-corrected chi connectivity index (χ1v) is 8.22. The summed E-state index contributed by atoms with van der Waals surface area (Å²) in [7, 11) is 2.29. The van der Waals surface area contributed by atoms with Gasteiger partial charge in [-0.05, 0) is 44.4 Å². The predicted octanol–water partition coefficient (Wildman–Crippen LogP) is 2.97. The van der Waals surface area contributed by atoms with Gasteiger partial charge in [-0.3, -0.25) is 4.90 Å². The molecule has 2 N–H and O–H groups in total. The van der Waals surface area contributed by atoms with E-state index in [9.17, 15) is 0 Å². The van der Waals surface area contributed by atoms with Crippen LogP contribution in [0.5, 0.6) is 0 Å². The molecular weight excluding hydrogens is 228 g/mol. The van der Waals surface area contributed by atoms with E-state index in [2.05, 4.69) is 39.0 Å². The molecule has 0 heterocycles. The third kappa shape index (κ3) is 3.39. The Morgan fingerprint density at radius 3 is 2.35 bits per heavy atom. The van der Waals surface area contributed by atoms with Gasteiger partial charge in [-0.2, -0.15) is 11.8 Å². The molecule has 0 radical (unpaired) electrons. The Balaban J connectivity index is 2.79. The first kappa shape index (κ1) is 15.3. The molecule has 0 amide bonds. The van der Waals surface area contributed by atoms with Gasteiger partial charge in [-0.15, -0.1) is 0 Å². The van der Waals surface area contributed by atoms with Gasteiger partial charge in [0.05, 0.1) is 0 Å². The normalized spacial score (nSPS) is 29.8. The number of nitrogens with zero attached hydrogens (tertiary/aromatic N) is 1. The summed E-state index contributed by atoms with van der Waals surface area (Å²) < 4.78 is 0. The van der Waals surface area contributed by atoms with Crippen LogP contribution in [0.1, 0.15) is 46.5 Å². The van der Waals surface area contributed by atoms with Crippen molar-refractivity contribution in [2.45, 2.75) is 58.0 Å². The Labute approximate surface area is 112 Å². The second-order valence-electron chi connectivity index (χ2n) is 6.40. The topological polar surface area (TPSA) is 29.3 Å². The van der Waals surface area contributed by atoms with Crippen LogP contribution in [0.25, 0.3) is 0 Å². The predicted molar refractivity (Wildman–Crippen MR) is 79.6 cm³/mol. The van der Waals surface area contributed by atoms with Gasteiger partial charge in [0.2, 0.25) is 0 Å². The van der Waals surface area contributed by atoms with Gasteiger partial charge in [0.15, 0.2) is 0 Å². The number of hydrogen-bond donors (Lipinski definition) is 1. The molecule has 0 aromatic carbocycles. The number of hydrogen-bond acceptors (Lipinski definition) is 3. The van der Waals surface area contributed by atoms with Crippen molar-refractivity contribution >= 4 is 11.8 Å². The van der Waals surface area contributed by atoms with Gasteiger partial charge >= 0.3 is 0 Å². The SMILES string of the molecule is CCC(CSC)N(C)C1(CN)CCC(C)(C)C1. The second-order valence-corrected chi connectivity index (χ2v) is 7.31. The molecule has 0 bridgehead atoms. The highest BCUT2D eigenvalue weighted by molar-refractivity contribution is 7.98. The summed E-state index contributed by atoms with van der Waals surface area (Å²) in [5.74, 6) is 1.22. The summed E-state index contributed by atoms with van der Waals surface area (Å²) in [6, 6.07) is 0.669. The van der Waals surface area contributed by atoms with E-state index in [4.69, 9.17) is 5.73 Å². The minimum atomic E-state index is 0.250. The van der Waals surface area contributed by atoms with Crippen LogP contribution in [0.4, 0.5) is 0 Å². The van der Waals surface area contributed by atoms with E-state index < -0.39 is 0 Å². The molecule has 2 atom stereocenters. The largest absolute Gasteiger partial charge is 0.329 e. The standard InChI is InChI=1S/C14H30N2S/c1-6-12(9-17-5)16(4)14(11-15)8-7-13(2,3)10-14/h12H,6-11,15H2,1-5H3. The molecule has 1 fully saturated rings. The van der Waals surface area contributed by atoms with Crippen molar-refractivity contribution in [1.82, 2.24) is 4.90 Å². The fourth-order valence-corrected chi connectivity index (χ4v) is 4.19. The molecule has 0 spiro atoms. The van der Waals surface area contributed by atoms with Crippen molar-refractivity contribution in [2.24, 2.45) is 11.1 Å². The summed E-state index contributed by atoms with van der Waals surface area (Å²) in [6.07, 6.45) is 7.24. The summed E-state index contributed by atoms with van der Waals surface area (Å²) in [5.41, 5.74) is 6.84.